The molecule has 120 valence electrons. The lowest BCUT2D eigenvalue weighted by Crippen LogP contribution is -2.44. The Hall–Kier alpha value is -2.25. The fraction of sp³-hybridized carbons (Fsp3) is 0.429. The van der Waals surface area contributed by atoms with Crippen LogP contribution in [-0.2, 0) is 11.0 Å². The number of carbonyl (C=O) groups is 2. The van der Waals surface area contributed by atoms with Crippen molar-refractivity contribution in [2.45, 2.75) is 31.5 Å². The molecule has 2 atom stereocenters. The average Bonchev–Trinajstić information content (AvgIpc) is 2.86. The van der Waals surface area contributed by atoms with Crippen LogP contribution in [0.5, 0.6) is 0 Å². The van der Waals surface area contributed by atoms with Crippen LogP contribution in [0, 0.1) is 5.92 Å². The van der Waals surface area contributed by atoms with Gasteiger partial charge < -0.3 is 16.4 Å². The SMILES string of the molecule is NC(=O)[C@@H]1CCC[C@@H]1NC(=O)Nc1ccccc1C(F)(F)F. The van der Waals surface area contributed by atoms with Gasteiger partial charge in [-0.05, 0) is 25.0 Å². The standard InChI is InChI=1S/C14H16F3N3O2/c15-14(16,17)9-5-1-2-6-11(9)20-13(22)19-10-7-3-4-8(10)12(18)21/h1-2,5-6,8,10H,3-4,7H2,(H2,18,21)(H2,19,20,22)/t8-,10+/m1/s1. The van der Waals surface area contributed by atoms with Crippen LogP contribution in [0.15, 0.2) is 24.3 Å². The van der Waals surface area contributed by atoms with Crippen LogP contribution >= 0.6 is 0 Å². The van der Waals surface area contributed by atoms with Crippen molar-refractivity contribution in [3.63, 3.8) is 0 Å². The van der Waals surface area contributed by atoms with Gasteiger partial charge in [-0.1, -0.05) is 18.6 Å². The zero-order valence-corrected chi connectivity index (χ0v) is 11.6. The van der Waals surface area contributed by atoms with Gasteiger partial charge in [0.15, 0.2) is 0 Å². The Labute approximate surface area is 125 Å². The van der Waals surface area contributed by atoms with Gasteiger partial charge in [0, 0.05) is 6.04 Å². The minimum Gasteiger partial charge on any atom is -0.369 e. The third-order valence-corrected chi connectivity index (χ3v) is 3.68. The minimum atomic E-state index is -4.56. The number of nitrogens with one attached hydrogen (secondary N) is 2. The number of alkyl halides is 3. The van der Waals surface area contributed by atoms with Crippen molar-refractivity contribution in [3.8, 4) is 0 Å². The molecular weight excluding hydrogens is 299 g/mol. The van der Waals surface area contributed by atoms with Gasteiger partial charge in [-0.2, -0.15) is 13.2 Å². The first-order valence-electron chi connectivity index (χ1n) is 6.82. The van der Waals surface area contributed by atoms with Gasteiger partial charge in [-0.25, -0.2) is 4.79 Å². The lowest BCUT2D eigenvalue weighted by molar-refractivity contribution is -0.136. The van der Waals surface area contributed by atoms with Crippen LogP contribution in [0.3, 0.4) is 0 Å². The van der Waals surface area contributed by atoms with Crippen LogP contribution in [0.25, 0.3) is 0 Å². The molecule has 1 aliphatic rings. The highest BCUT2D eigenvalue weighted by molar-refractivity contribution is 5.91. The molecule has 1 fully saturated rings. The smallest absolute Gasteiger partial charge is 0.369 e. The van der Waals surface area contributed by atoms with E-state index in [2.05, 4.69) is 10.6 Å². The van der Waals surface area contributed by atoms with Crippen molar-refractivity contribution in [1.29, 1.82) is 0 Å². The van der Waals surface area contributed by atoms with Crippen molar-refractivity contribution in [2.24, 2.45) is 11.7 Å². The number of nitrogens with two attached hydrogens (primary N) is 1. The Kier molecular flexibility index (Phi) is 4.58. The van der Waals surface area contributed by atoms with Crippen LogP contribution in [-0.4, -0.2) is 18.0 Å². The summed E-state index contributed by atoms with van der Waals surface area (Å²) in [6.07, 6.45) is -2.69. The molecule has 2 rings (SSSR count). The number of hydrogen-bond acceptors (Lipinski definition) is 2. The molecule has 0 heterocycles. The van der Waals surface area contributed by atoms with E-state index in [-0.39, 0.29) is 5.69 Å². The Morgan fingerprint density at radius 1 is 1.18 bits per heavy atom. The summed E-state index contributed by atoms with van der Waals surface area (Å²) in [5.74, 6) is -0.998. The van der Waals surface area contributed by atoms with Gasteiger partial charge in [0.1, 0.15) is 0 Å². The summed E-state index contributed by atoms with van der Waals surface area (Å²) in [4.78, 5) is 23.1. The molecule has 0 unspecified atom stereocenters. The maximum Gasteiger partial charge on any atom is 0.418 e. The number of para-hydroxylation sites is 1. The van der Waals surface area contributed by atoms with Gasteiger partial charge in [0.05, 0.1) is 17.2 Å². The van der Waals surface area contributed by atoms with E-state index in [1.807, 2.05) is 0 Å². The van der Waals surface area contributed by atoms with E-state index >= 15 is 0 Å². The lowest BCUT2D eigenvalue weighted by Gasteiger charge is -2.19. The van der Waals surface area contributed by atoms with E-state index in [1.165, 1.54) is 18.2 Å². The minimum absolute atomic E-state index is 0.332. The second-order valence-corrected chi connectivity index (χ2v) is 5.19. The fourth-order valence-electron chi connectivity index (χ4n) is 2.64. The number of hydrogen-bond donors (Lipinski definition) is 3. The van der Waals surface area contributed by atoms with Gasteiger partial charge in [-0.15, -0.1) is 0 Å². The predicted octanol–water partition coefficient (Wildman–Crippen LogP) is 2.48. The third kappa shape index (κ3) is 3.69. The molecule has 4 N–H and O–H groups in total. The number of urea groups is 1. The van der Waals surface area contributed by atoms with Crippen LogP contribution in [0.2, 0.25) is 0 Å². The molecule has 0 radical (unpaired) electrons. The van der Waals surface area contributed by atoms with E-state index in [0.29, 0.717) is 12.8 Å². The average molecular weight is 315 g/mol. The van der Waals surface area contributed by atoms with Gasteiger partial charge in [-0.3, -0.25) is 4.79 Å². The van der Waals surface area contributed by atoms with Crippen molar-refractivity contribution < 1.29 is 22.8 Å². The molecule has 1 aromatic carbocycles. The first-order valence-corrected chi connectivity index (χ1v) is 6.82. The van der Waals surface area contributed by atoms with Crippen molar-refractivity contribution >= 4 is 17.6 Å². The van der Waals surface area contributed by atoms with Gasteiger partial charge >= 0.3 is 12.2 Å². The predicted molar refractivity (Wildman–Crippen MR) is 73.9 cm³/mol. The third-order valence-electron chi connectivity index (χ3n) is 3.68. The van der Waals surface area contributed by atoms with Crippen LogP contribution in [0.4, 0.5) is 23.7 Å². The Bertz CT molecular complexity index is 575. The monoisotopic (exact) mass is 315 g/mol. The second kappa shape index (κ2) is 6.25. The molecule has 1 saturated carbocycles. The highest BCUT2D eigenvalue weighted by atomic mass is 19.4. The summed E-state index contributed by atoms with van der Waals surface area (Å²) in [5.41, 5.74) is 3.98. The molecule has 0 spiro atoms. The Morgan fingerprint density at radius 2 is 1.86 bits per heavy atom. The molecule has 0 aliphatic heterocycles. The summed E-state index contributed by atoms with van der Waals surface area (Å²) in [5, 5.41) is 4.70. The molecule has 1 aliphatic carbocycles. The van der Waals surface area contributed by atoms with Crippen molar-refractivity contribution in [1.82, 2.24) is 5.32 Å². The molecular formula is C14H16F3N3O2. The zero-order valence-electron chi connectivity index (χ0n) is 11.6. The fourth-order valence-corrected chi connectivity index (χ4v) is 2.64. The van der Waals surface area contributed by atoms with E-state index in [1.54, 1.807) is 0 Å². The molecule has 0 saturated heterocycles. The number of anilines is 1. The normalized spacial score (nSPS) is 21.4. The number of benzene rings is 1. The van der Waals surface area contributed by atoms with Crippen molar-refractivity contribution in [3.05, 3.63) is 29.8 Å². The van der Waals surface area contributed by atoms with E-state index < -0.39 is 35.6 Å². The van der Waals surface area contributed by atoms with Crippen LogP contribution < -0.4 is 16.4 Å². The second-order valence-electron chi connectivity index (χ2n) is 5.19. The summed E-state index contributed by atoms with van der Waals surface area (Å²) in [7, 11) is 0. The summed E-state index contributed by atoms with van der Waals surface area (Å²) >= 11 is 0. The first kappa shape index (κ1) is 16.1. The largest absolute Gasteiger partial charge is 0.418 e. The molecule has 3 amide bonds. The quantitative estimate of drug-likeness (QED) is 0.800. The molecule has 0 aromatic heterocycles. The summed E-state index contributed by atoms with van der Waals surface area (Å²) in [6, 6.07) is 3.46. The lowest BCUT2D eigenvalue weighted by atomic mass is 10.0. The Morgan fingerprint density at radius 3 is 2.50 bits per heavy atom. The van der Waals surface area contributed by atoms with Crippen molar-refractivity contribution in [2.75, 3.05) is 5.32 Å². The maximum absolute atomic E-state index is 12.8. The molecule has 5 nitrogen and oxygen atoms in total. The highest BCUT2D eigenvalue weighted by Crippen LogP contribution is 2.34. The van der Waals surface area contributed by atoms with Gasteiger partial charge in [0.25, 0.3) is 0 Å². The highest BCUT2D eigenvalue weighted by Gasteiger charge is 2.35. The Balaban J connectivity index is 2.06. The van der Waals surface area contributed by atoms with Gasteiger partial charge in [0.2, 0.25) is 5.91 Å². The number of rotatable bonds is 3. The zero-order chi connectivity index (χ0) is 16.3. The van der Waals surface area contributed by atoms with Crippen LogP contribution in [0.1, 0.15) is 24.8 Å². The first-order chi connectivity index (χ1) is 10.3. The molecule has 0 bridgehead atoms. The number of halogens is 3. The number of primary amides is 1. The van der Waals surface area contributed by atoms with E-state index in [9.17, 15) is 22.8 Å². The number of amides is 3. The topological polar surface area (TPSA) is 84.2 Å². The molecule has 8 heteroatoms. The molecule has 1 aromatic rings. The maximum atomic E-state index is 12.8. The van der Waals surface area contributed by atoms with E-state index in [0.717, 1.165) is 12.5 Å². The number of carbonyl (C=O) groups excluding carboxylic acids is 2. The summed E-state index contributed by atoms with van der Waals surface area (Å²) in [6.45, 7) is 0. The van der Waals surface area contributed by atoms with E-state index in [4.69, 9.17) is 5.73 Å². The summed E-state index contributed by atoms with van der Waals surface area (Å²) < 4.78 is 38.5. The molecule has 22 heavy (non-hydrogen) atoms.